The Hall–Kier alpha value is -1.18. The second-order valence-electron chi connectivity index (χ2n) is 5.42. The molecule has 2 aliphatic heterocycles. The minimum Gasteiger partial charge on any atom is -0.371 e. The first kappa shape index (κ1) is 10.9. The van der Waals surface area contributed by atoms with Gasteiger partial charge in [-0.25, -0.2) is 0 Å². The van der Waals surface area contributed by atoms with E-state index in [9.17, 15) is 0 Å². The van der Waals surface area contributed by atoms with E-state index in [4.69, 9.17) is 0 Å². The molecular weight excluding hydrogens is 208 g/mol. The Morgan fingerprint density at radius 3 is 1.53 bits per heavy atom. The van der Waals surface area contributed by atoms with Gasteiger partial charge in [-0.1, -0.05) is 0 Å². The zero-order chi connectivity index (χ0) is 11.7. The van der Waals surface area contributed by atoms with Crippen molar-refractivity contribution in [3.8, 4) is 0 Å². The molecule has 0 aromatic heterocycles. The summed E-state index contributed by atoms with van der Waals surface area (Å²) in [6, 6.07) is 7.07. The summed E-state index contributed by atoms with van der Waals surface area (Å²) in [4.78, 5) is 5.07. The maximum atomic E-state index is 2.53. The summed E-state index contributed by atoms with van der Waals surface area (Å²) in [6.45, 7) is 7.18. The number of aryl methyl sites for hydroxylation is 1. The van der Waals surface area contributed by atoms with Crippen LogP contribution in [-0.2, 0) is 0 Å². The van der Waals surface area contributed by atoms with Crippen molar-refractivity contribution in [3.63, 3.8) is 0 Å². The minimum atomic E-state index is 1.24. The third-order valence-electron chi connectivity index (χ3n) is 3.99. The van der Waals surface area contributed by atoms with Crippen LogP contribution in [-0.4, -0.2) is 26.2 Å². The van der Waals surface area contributed by atoms with E-state index < -0.39 is 0 Å². The van der Waals surface area contributed by atoms with E-state index >= 15 is 0 Å². The molecule has 0 spiro atoms. The van der Waals surface area contributed by atoms with Gasteiger partial charge in [-0.15, -0.1) is 0 Å². The highest BCUT2D eigenvalue weighted by molar-refractivity contribution is 5.62. The Morgan fingerprint density at radius 2 is 1.12 bits per heavy atom. The molecule has 0 bridgehead atoms. The largest absolute Gasteiger partial charge is 0.371 e. The summed E-state index contributed by atoms with van der Waals surface area (Å²) in [5, 5.41) is 0. The number of nitrogens with zero attached hydrogens (tertiary/aromatic N) is 2. The van der Waals surface area contributed by atoms with Gasteiger partial charge in [-0.3, -0.25) is 0 Å². The van der Waals surface area contributed by atoms with Gasteiger partial charge in [0.2, 0.25) is 0 Å². The molecule has 17 heavy (non-hydrogen) atoms. The van der Waals surface area contributed by atoms with Crippen LogP contribution in [0, 0.1) is 6.92 Å². The van der Waals surface area contributed by atoms with Crippen molar-refractivity contribution in [2.45, 2.75) is 32.6 Å². The predicted octanol–water partition coefficient (Wildman–Crippen LogP) is 3.20. The molecule has 92 valence electrons. The molecule has 3 rings (SSSR count). The van der Waals surface area contributed by atoms with Gasteiger partial charge < -0.3 is 9.80 Å². The summed E-state index contributed by atoms with van der Waals surface area (Å²) < 4.78 is 0. The molecule has 2 heterocycles. The van der Waals surface area contributed by atoms with Crippen molar-refractivity contribution in [1.29, 1.82) is 0 Å². The number of hydrogen-bond donors (Lipinski definition) is 0. The standard InChI is InChI=1S/C15H22N2/c1-13-10-14(16-6-2-3-7-16)12-15(11-13)17-8-4-5-9-17/h10-12H,2-9H2,1H3. The average Bonchev–Trinajstić information content (AvgIpc) is 3.02. The molecule has 0 unspecified atom stereocenters. The van der Waals surface area contributed by atoms with Crippen LogP contribution in [0.25, 0.3) is 0 Å². The van der Waals surface area contributed by atoms with Crippen molar-refractivity contribution in [2.75, 3.05) is 36.0 Å². The summed E-state index contributed by atoms with van der Waals surface area (Å²) in [7, 11) is 0. The van der Waals surface area contributed by atoms with Gasteiger partial charge in [-0.2, -0.15) is 0 Å². The average molecular weight is 230 g/mol. The summed E-state index contributed by atoms with van der Waals surface area (Å²) in [5.41, 5.74) is 4.27. The van der Waals surface area contributed by atoms with Gasteiger partial charge in [-0.05, 0) is 56.4 Å². The molecule has 1 aromatic rings. The third-order valence-corrected chi connectivity index (χ3v) is 3.99. The zero-order valence-corrected chi connectivity index (χ0v) is 10.8. The van der Waals surface area contributed by atoms with Crippen molar-refractivity contribution < 1.29 is 0 Å². The van der Waals surface area contributed by atoms with Crippen LogP contribution in [0.4, 0.5) is 11.4 Å². The van der Waals surface area contributed by atoms with Gasteiger partial charge >= 0.3 is 0 Å². The van der Waals surface area contributed by atoms with Crippen LogP contribution in [0.3, 0.4) is 0 Å². The number of hydrogen-bond acceptors (Lipinski definition) is 2. The molecule has 0 N–H and O–H groups in total. The highest BCUT2D eigenvalue weighted by Gasteiger charge is 2.16. The van der Waals surface area contributed by atoms with Gasteiger partial charge in [0.05, 0.1) is 0 Å². The number of rotatable bonds is 2. The molecule has 0 aliphatic carbocycles. The molecule has 0 saturated carbocycles. The monoisotopic (exact) mass is 230 g/mol. The van der Waals surface area contributed by atoms with Crippen LogP contribution in [0.5, 0.6) is 0 Å². The number of anilines is 2. The van der Waals surface area contributed by atoms with E-state index in [1.54, 1.807) is 0 Å². The first-order valence-corrected chi connectivity index (χ1v) is 6.94. The zero-order valence-electron chi connectivity index (χ0n) is 10.8. The fourth-order valence-electron chi connectivity index (χ4n) is 3.06. The molecule has 2 saturated heterocycles. The second-order valence-corrected chi connectivity index (χ2v) is 5.42. The van der Waals surface area contributed by atoms with E-state index in [-0.39, 0.29) is 0 Å². The lowest BCUT2D eigenvalue weighted by Gasteiger charge is -2.23. The van der Waals surface area contributed by atoms with Crippen molar-refractivity contribution in [3.05, 3.63) is 23.8 Å². The van der Waals surface area contributed by atoms with Crippen LogP contribution < -0.4 is 9.80 Å². The minimum absolute atomic E-state index is 1.24. The fraction of sp³-hybridized carbons (Fsp3) is 0.600. The maximum absolute atomic E-state index is 2.53. The highest BCUT2D eigenvalue weighted by atomic mass is 15.2. The lowest BCUT2D eigenvalue weighted by Crippen LogP contribution is -2.21. The van der Waals surface area contributed by atoms with Gasteiger partial charge in [0.1, 0.15) is 0 Å². The quantitative estimate of drug-likeness (QED) is 0.770. The summed E-state index contributed by atoms with van der Waals surface area (Å²) in [6.07, 6.45) is 5.42. The first-order chi connectivity index (χ1) is 8.33. The van der Waals surface area contributed by atoms with Crippen molar-refractivity contribution in [2.24, 2.45) is 0 Å². The molecule has 2 heteroatoms. The smallest absolute Gasteiger partial charge is 0.0389 e. The molecule has 2 fully saturated rings. The third kappa shape index (κ3) is 2.26. The first-order valence-electron chi connectivity index (χ1n) is 6.94. The van der Waals surface area contributed by atoms with E-state index in [1.807, 2.05) is 0 Å². The summed E-state index contributed by atoms with van der Waals surface area (Å²) in [5.74, 6) is 0. The SMILES string of the molecule is Cc1cc(N2CCCC2)cc(N2CCCC2)c1. The van der Waals surface area contributed by atoms with Crippen LogP contribution in [0.15, 0.2) is 18.2 Å². The van der Waals surface area contributed by atoms with Gasteiger partial charge in [0.15, 0.2) is 0 Å². The predicted molar refractivity (Wildman–Crippen MR) is 74.1 cm³/mol. The Balaban J connectivity index is 1.88. The van der Waals surface area contributed by atoms with Crippen LogP contribution in [0.2, 0.25) is 0 Å². The second kappa shape index (κ2) is 4.59. The molecule has 2 aliphatic rings. The maximum Gasteiger partial charge on any atom is 0.0389 e. The highest BCUT2D eigenvalue weighted by Crippen LogP contribution is 2.29. The Kier molecular flexibility index (Phi) is 2.96. The number of benzene rings is 1. The van der Waals surface area contributed by atoms with Crippen molar-refractivity contribution in [1.82, 2.24) is 0 Å². The molecule has 1 aromatic carbocycles. The topological polar surface area (TPSA) is 6.48 Å². The molecule has 0 radical (unpaired) electrons. The van der Waals surface area contributed by atoms with Gasteiger partial charge in [0.25, 0.3) is 0 Å². The molecule has 0 atom stereocenters. The van der Waals surface area contributed by atoms with E-state index in [1.165, 1.54) is 68.8 Å². The van der Waals surface area contributed by atoms with E-state index in [2.05, 4.69) is 34.9 Å². The molecule has 2 nitrogen and oxygen atoms in total. The van der Waals surface area contributed by atoms with Gasteiger partial charge in [0, 0.05) is 37.6 Å². The Bertz CT molecular complexity index is 354. The summed E-state index contributed by atoms with van der Waals surface area (Å²) >= 11 is 0. The van der Waals surface area contributed by atoms with Crippen LogP contribution >= 0.6 is 0 Å². The van der Waals surface area contributed by atoms with Crippen LogP contribution in [0.1, 0.15) is 31.2 Å². The van der Waals surface area contributed by atoms with Crippen molar-refractivity contribution >= 4 is 11.4 Å². The molecular formula is C15H22N2. The van der Waals surface area contributed by atoms with E-state index in [0.717, 1.165) is 0 Å². The lowest BCUT2D eigenvalue weighted by molar-refractivity contribution is 0.947. The van der Waals surface area contributed by atoms with E-state index in [0.29, 0.717) is 0 Å². The normalized spacial score (nSPS) is 20.3. The Morgan fingerprint density at radius 1 is 0.706 bits per heavy atom. The lowest BCUT2D eigenvalue weighted by atomic mass is 10.1. The molecule has 0 amide bonds. The Labute approximate surface area is 104 Å². The fourth-order valence-corrected chi connectivity index (χ4v) is 3.06.